The van der Waals surface area contributed by atoms with Crippen LogP contribution in [0.5, 0.6) is 5.75 Å². The molecule has 0 radical (unpaired) electrons. The van der Waals surface area contributed by atoms with Crippen molar-refractivity contribution in [1.29, 1.82) is 0 Å². The molecule has 2 unspecified atom stereocenters. The molecule has 0 bridgehead atoms. The van der Waals surface area contributed by atoms with Gasteiger partial charge in [0.1, 0.15) is 0 Å². The number of rotatable bonds is 3. The highest BCUT2D eigenvalue weighted by atomic mass is 19.1. The van der Waals surface area contributed by atoms with E-state index in [0.717, 1.165) is 24.9 Å². The lowest BCUT2D eigenvalue weighted by molar-refractivity contribution is -0.138. The van der Waals surface area contributed by atoms with Crippen molar-refractivity contribution in [3.8, 4) is 5.75 Å². The fraction of sp³-hybridized carbons (Fsp3) is 0.588. The van der Waals surface area contributed by atoms with Gasteiger partial charge in [-0.05, 0) is 31.4 Å². The number of amides is 1. The van der Waals surface area contributed by atoms with Gasteiger partial charge in [0.2, 0.25) is 5.91 Å². The lowest BCUT2D eigenvalue weighted by Crippen LogP contribution is -2.51. The van der Waals surface area contributed by atoms with Crippen molar-refractivity contribution in [1.82, 2.24) is 4.90 Å². The zero-order chi connectivity index (χ0) is 16.4. The molecule has 1 amide bonds. The largest absolute Gasteiger partial charge is 0.494 e. The average Bonchev–Trinajstić information content (AvgIpc) is 3.00. The van der Waals surface area contributed by atoms with Gasteiger partial charge >= 0.3 is 0 Å². The summed E-state index contributed by atoms with van der Waals surface area (Å²) in [5.41, 5.74) is 0.802. The topological polar surface area (TPSA) is 53.0 Å². The van der Waals surface area contributed by atoms with Crippen molar-refractivity contribution in [3.63, 3.8) is 0 Å². The van der Waals surface area contributed by atoms with Crippen LogP contribution in [0.25, 0.3) is 0 Å². The smallest absolute Gasteiger partial charge is 0.228 e. The minimum Gasteiger partial charge on any atom is -0.494 e. The number of carbonyl (C=O) groups excluding carboxylic acids is 1. The van der Waals surface area contributed by atoms with Crippen molar-refractivity contribution in [2.45, 2.75) is 25.4 Å². The van der Waals surface area contributed by atoms with Gasteiger partial charge in [-0.2, -0.15) is 0 Å². The van der Waals surface area contributed by atoms with E-state index in [1.165, 1.54) is 13.2 Å². The van der Waals surface area contributed by atoms with E-state index in [1.807, 2.05) is 11.0 Å². The van der Waals surface area contributed by atoms with E-state index >= 15 is 0 Å². The molecule has 1 N–H and O–H groups in total. The molecule has 6 heteroatoms. The highest BCUT2D eigenvalue weighted by Crippen LogP contribution is 2.28. The molecule has 126 valence electrons. The van der Waals surface area contributed by atoms with Crippen molar-refractivity contribution in [3.05, 3.63) is 24.0 Å². The second kappa shape index (κ2) is 6.74. The molecule has 5 nitrogen and oxygen atoms in total. The molecule has 1 aliphatic heterocycles. The molecule has 2 aliphatic rings. The van der Waals surface area contributed by atoms with Gasteiger partial charge in [-0.25, -0.2) is 4.39 Å². The van der Waals surface area contributed by atoms with E-state index in [2.05, 4.69) is 4.90 Å². The first-order chi connectivity index (χ1) is 11.1. The van der Waals surface area contributed by atoms with Crippen molar-refractivity contribution in [2.75, 3.05) is 38.2 Å². The van der Waals surface area contributed by atoms with Crippen molar-refractivity contribution >= 4 is 11.6 Å². The molecule has 0 aromatic heterocycles. The SMILES string of the molecule is COc1ccc(N2CCN(C(=O)C3CCCC3O)CC2)cc1F. The molecule has 1 aliphatic carbocycles. The Kier molecular flexibility index (Phi) is 4.71. The zero-order valence-electron chi connectivity index (χ0n) is 13.4. The van der Waals surface area contributed by atoms with Crippen LogP contribution in [0.2, 0.25) is 0 Å². The van der Waals surface area contributed by atoms with Crippen LogP contribution >= 0.6 is 0 Å². The number of piperazine rings is 1. The number of aliphatic hydroxyl groups excluding tert-OH is 1. The Balaban J connectivity index is 1.60. The first-order valence-electron chi connectivity index (χ1n) is 8.15. The normalized spacial score (nSPS) is 24.8. The number of anilines is 1. The number of hydrogen-bond donors (Lipinski definition) is 1. The highest BCUT2D eigenvalue weighted by Gasteiger charge is 2.35. The Morgan fingerprint density at radius 2 is 2.00 bits per heavy atom. The maximum atomic E-state index is 13.8. The van der Waals surface area contributed by atoms with Crippen LogP contribution in [-0.2, 0) is 4.79 Å². The standard InChI is InChI=1S/C17H23FN2O3/c1-23-16-6-5-12(11-14(16)18)19-7-9-20(10-8-19)17(22)13-3-2-4-15(13)21/h5-6,11,13,15,21H,2-4,7-10H2,1H3. The van der Waals surface area contributed by atoms with Crippen LogP contribution in [0.3, 0.4) is 0 Å². The van der Waals surface area contributed by atoms with Gasteiger partial charge in [-0.1, -0.05) is 0 Å². The fourth-order valence-corrected chi connectivity index (χ4v) is 3.50. The lowest BCUT2D eigenvalue weighted by Gasteiger charge is -2.37. The van der Waals surface area contributed by atoms with Crippen LogP contribution in [-0.4, -0.2) is 55.3 Å². The predicted molar refractivity (Wildman–Crippen MR) is 85.1 cm³/mol. The van der Waals surface area contributed by atoms with Crippen LogP contribution in [0.4, 0.5) is 10.1 Å². The van der Waals surface area contributed by atoms with Crippen LogP contribution in [0, 0.1) is 11.7 Å². The van der Waals surface area contributed by atoms with E-state index in [1.54, 1.807) is 6.07 Å². The number of halogens is 1. The summed E-state index contributed by atoms with van der Waals surface area (Å²) in [7, 11) is 1.44. The Morgan fingerprint density at radius 3 is 2.57 bits per heavy atom. The Labute approximate surface area is 135 Å². The summed E-state index contributed by atoms with van der Waals surface area (Å²) in [6, 6.07) is 4.92. The number of ether oxygens (including phenoxy) is 1. The Hall–Kier alpha value is -1.82. The molecule has 23 heavy (non-hydrogen) atoms. The zero-order valence-corrected chi connectivity index (χ0v) is 13.4. The predicted octanol–water partition coefficient (Wildman–Crippen LogP) is 1.64. The van der Waals surface area contributed by atoms with Gasteiger partial charge in [0.05, 0.1) is 19.1 Å². The van der Waals surface area contributed by atoms with Gasteiger partial charge in [0.15, 0.2) is 11.6 Å². The molecule has 1 aromatic rings. The molecular weight excluding hydrogens is 299 g/mol. The molecule has 1 aromatic carbocycles. The summed E-state index contributed by atoms with van der Waals surface area (Å²) in [6.07, 6.45) is 1.94. The van der Waals surface area contributed by atoms with E-state index in [0.29, 0.717) is 26.2 Å². The number of benzene rings is 1. The number of nitrogens with zero attached hydrogens (tertiary/aromatic N) is 2. The van der Waals surface area contributed by atoms with Gasteiger partial charge in [0, 0.05) is 37.9 Å². The summed E-state index contributed by atoms with van der Waals surface area (Å²) in [6.45, 7) is 2.55. The van der Waals surface area contributed by atoms with Crippen LogP contribution in [0.15, 0.2) is 18.2 Å². The minimum atomic E-state index is -0.490. The third kappa shape index (κ3) is 3.27. The Bertz CT molecular complexity index is 573. The molecule has 0 spiro atoms. The molecule has 1 saturated heterocycles. The summed E-state index contributed by atoms with van der Waals surface area (Å²) in [5, 5.41) is 9.89. The third-order valence-electron chi connectivity index (χ3n) is 4.89. The number of aliphatic hydroxyl groups is 1. The molecular formula is C17H23FN2O3. The summed E-state index contributed by atoms with van der Waals surface area (Å²) < 4.78 is 18.7. The molecule has 2 atom stereocenters. The molecule has 1 heterocycles. The number of methoxy groups -OCH3 is 1. The van der Waals surface area contributed by atoms with Crippen LogP contribution in [0.1, 0.15) is 19.3 Å². The van der Waals surface area contributed by atoms with Gasteiger partial charge in [0.25, 0.3) is 0 Å². The van der Waals surface area contributed by atoms with E-state index < -0.39 is 6.10 Å². The summed E-state index contributed by atoms with van der Waals surface area (Å²) in [5.74, 6) is -0.314. The second-order valence-corrected chi connectivity index (χ2v) is 6.24. The van der Waals surface area contributed by atoms with Gasteiger partial charge in [-0.15, -0.1) is 0 Å². The third-order valence-corrected chi connectivity index (χ3v) is 4.89. The van der Waals surface area contributed by atoms with E-state index in [-0.39, 0.29) is 23.4 Å². The van der Waals surface area contributed by atoms with Gasteiger partial charge < -0.3 is 19.6 Å². The molecule has 3 rings (SSSR count). The van der Waals surface area contributed by atoms with E-state index in [4.69, 9.17) is 4.74 Å². The molecule has 1 saturated carbocycles. The first kappa shape index (κ1) is 16.1. The maximum Gasteiger partial charge on any atom is 0.228 e. The van der Waals surface area contributed by atoms with E-state index in [9.17, 15) is 14.3 Å². The lowest BCUT2D eigenvalue weighted by atomic mass is 10.0. The number of carbonyl (C=O) groups is 1. The average molecular weight is 322 g/mol. The summed E-state index contributed by atoms with van der Waals surface area (Å²) in [4.78, 5) is 16.4. The minimum absolute atomic E-state index is 0.0653. The quantitative estimate of drug-likeness (QED) is 0.919. The van der Waals surface area contributed by atoms with Crippen molar-refractivity contribution < 1.29 is 19.0 Å². The van der Waals surface area contributed by atoms with Gasteiger partial charge in [-0.3, -0.25) is 4.79 Å². The first-order valence-corrected chi connectivity index (χ1v) is 8.15. The summed E-state index contributed by atoms with van der Waals surface area (Å²) >= 11 is 0. The Morgan fingerprint density at radius 1 is 1.26 bits per heavy atom. The van der Waals surface area contributed by atoms with Crippen molar-refractivity contribution in [2.24, 2.45) is 5.92 Å². The fourth-order valence-electron chi connectivity index (χ4n) is 3.50. The van der Waals surface area contributed by atoms with Crippen LogP contribution < -0.4 is 9.64 Å². The molecule has 2 fully saturated rings. The maximum absolute atomic E-state index is 13.8. The second-order valence-electron chi connectivity index (χ2n) is 6.24. The monoisotopic (exact) mass is 322 g/mol. The highest BCUT2D eigenvalue weighted by molar-refractivity contribution is 5.80. The number of hydrogen-bond acceptors (Lipinski definition) is 4.